The summed E-state index contributed by atoms with van der Waals surface area (Å²) in [6, 6.07) is 7.06. The maximum Gasteiger partial charge on any atom is 0.416 e. The molecule has 1 aliphatic rings. The fourth-order valence-electron chi connectivity index (χ4n) is 3.60. The van der Waals surface area contributed by atoms with Gasteiger partial charge in [0.25, 0.3) is 0 Å². The number of hydrogen-bond donors (Lipinski definition) is 2. The number of rotatable bonds is 4. The van der Waals surface area contributed by atoms with Crippen LogP contribution in [0.4, 0.5) is 24.7 Å². The Labute approximate surface area is 189 Å². The number of ether oxygens (including phenoxy) is 3. The van der Waals surface area contributed by atoms with Gasteiger partial charge in [-0.2, -0.15) is 13.2 Å². The van der Waals surface area contributed by atoms with Crippen LogP contribution in [0.15, 0.2) is 30.3 Å². The number of halogens is 3. The van der Waals surface area contributed by atoms with Gasteiger partial charge < -0.3 is 25.3 Å². The normalized spacial score (nSPS) is 16.7. The average Bonchev–Trinajstić information content (AvgIpc) is 2.85. The number of alkyl halides is 3. The number of aryl methyl sites for hydroxylation is 1. The lowest BCUT2D eigenvalue weighted by Gasteiger charge is -2.19. The summed E-state index contributed by atoms with van der Waals surface area (Å²) in [6.07, 6.45) is -3.86. The molecule has 3 aromatic rings. The number of anilines is 2. The first-order valence-electron chi connectivity index (χ1n) is 10.6. The van der Waals surface area contributed by atoms with Crippen LogP contribution >= 0.6 is 0 Å². The predicted octanol–water partition coefficient (Wildman–Crippen LogP) is 4.72. The van der Waals surface area contributed by atoms with Crippen LogP contribution in [0.2, 0.25) is 0 Å². The topological polar surface area (TPSA) is 91.5 Å². The molecular weight excluding hydrogens is 437 g/mol. The number of nitrogen functional groups attached to an aromatic ring is 1. The van der Waals surface area contributed by atoms with E-state index in [1.807, 2.05) is 6.92 Å². The Balaban J connectivity index is 1.69. The second kappa shape index (κ2) is 9.30. The number of nitrogens with two attached hydrogens (primary N) is 1. The van der Waals surface area contributed by atoms with Crippen LogP contribution in [0, 0.1) is 6.92 Å². The summed E-state index contributed by atoms with van der Waals surface area (Å²) in [5.74, 6) is 2.08. The zero-order chi connectivity index (χ0) is 23.6. The van der Waals surface area contributed by atoms with Crippen LogP contribution in [-0.4, -0.2) is 35.9 Å². The molecule has 0 amide bonds. The van der Waals surface area contributed by atoms with Crippen molar-refractivity contribution < 1.29 is 27.4 Å². The van der Waals surface area contributed by atoms with E-state index in [0.29, 0.717) is 59.4 Å². The summed E-state index contributed by atoms with van der Waals surface area (Å²) in [5, 5.41) is 3.79. The van der Waals surface area contributed by atoms with Crippen molar-refractivity contribution in [3.05, 3.63) is 47.3 Å². The highest BCUT2D eigenvalue weighted by Gasteiger charge is 2.31. The summed E-state index contributed by atoms with van der Waals surface area (Å²) < 4.78 is 57.0. The molecule has 0 saturated carbocycles. The molecule has 1 aromatic heterocycles. The Bertz CT molecular complexity index is 1150. The molecule has 33 heavy (non-hydrogen) atoms. The highest BCUT2D eigenvalue weighted by Crippen LogP contribution is 2.36. The Morgan fingerprint density at radius 3 is 2.67 bits per heavy atom. The molecule has 2 heterocycles. The van der Waals surface area contributed by atoms with Crippen molar-refractivity contribution in [1.82, 2.24) is 9.97 Å². The molecule has 176 valence electrons. The first-order chi connectivity index (χ1) is 15.7. The van der Waals surface area contributed by atoms with Crippen LogP contribution in [0.25, 0.3) is 10.9 Å². The van der Waals surface area contributed by atoms with Crippen molar-refractivity contribution in [2.75, 3.05) is 30.9 Å². The third kappa shape index (κ3) is 5.39. The van der Waals surface area contributed by atoms with Crippen LogP contribution in [-0.2, 0) is 17.5 Å². The Morgan fingerprint density at radius 1 is 1.09 bits per heavy atom. The van der Waals surface area contributed by atoms with E-state index in [2.05, 4.69) is 15.3 Å². The van der Waals surface area contributed by atoms with Crippen molar-refractivity contribution in [3.63, 3.8) is 0 Å². The van der Waals surface area contributed by atoms with Gasteiger partial charge in [-0.25, -0.2) is 9.97 Å². The van der Waals surface area contributed by atoms with E-state index in [1.165, 1.54) is 6.07 Å². The van der Waals surface area contributed by atoms with Gasteiger partial charge in [-0.15, -0.1) is 0 Å². The number of aromatic nitrogens is 2. The fraction of sp³-hybridized carbons (Fsp3) is 0.391. The molecular formula is C23H25F3N4O3. The Kier molecular flexibility index (Phi) is 6.46. The number of nitrogens with zero attached hydrogens (tertiary/aromatic N) is 2. The molecule has 1 unspecified atom stereocenters. The van der Waals surface area contributed by atoms with Crippen LogP contribution < -0.4 is 20.5 Å². The van der Waals surface area contributed by atoms with E-state index in [0.717, 1.165) is 18.6 Å². The third-order valence-electron chi connectivity index (χ3n) is 5.21. The quantitative estimate of drug-likeness (QED) is 0.542. The van der Waals surface area contributed by atoms with Gasteiger partial charge in [0.2, 0.25) is 0 Å². The third-order valence-corrected chi connectivity index (χ3v) is 5.21. The second-order valence-corrected chi connectivity index (χ2v) is 7.82. The number of nitrogens with one attached hydrogen (secondary N) is 1. The van der Waals surface area contributed by atoms with E-state index >= 15 is 0 Å². The summed E-state index contributed by atoms with van der Waals surface area (Å²) in [4.78, 5) is 8.95. The maximum absolute atomic E-state index is 13.2. The lowest BCUT2D eigenvalue weighted by molar-refractivity contribution is -0.137. The van der Waals surface area contributed by atoms with Gasteiger partial charge in [-0.3, -0.25) is 0 Å². The van der Waals surface area contributed by atoms with Gasteiger partial charge in [0, 0.05) is 23.7 Å². The monoisotopic (exact) mass is 462 g/mol. The van der Waals surface area contributed by atoms with Gasteiger partial charge in [0.1, 0.15) is 24.4 Å². The fourth-order valence-corrected chi connectivity index (χ4v) is 3.60. The summed E-state index contributed by atoms with van der Waals surface area (Å²) in [7, 11) is 0. The molecule has 1 atom stereocenters. The predicted molar refractivity (Wildman–Crippen MR) is 118 cm³/mol. The van der Waals surface area contributed by atoms with Crippen molar-refractivity contribution in [1.29, 1.82) is 0 Å². The molecule has 3 N–H and O–H groups in total. The molecule has 0 aliphatic carbocycles. The number of benzene rings is 2. The van der Waals surface area contributed by atoms with Crippen LogP contribution in [0.5, 0.6) is 11.5 Å². The number of fused-ring (bicyclic) bond motifs is 2. The SMILES string of the molecule is CCC1COCCOc2cc3nc(C)nc(NCc4cc(N)cc(C(F)(F)F)c4)c3cc2O1. The lowest BCUT2D eigenvalue weighted by Crippen LogP contribution is -2.22. The van der Waals surface area contributed by atoms with Crippen molar-refractivity contribution in [2.45, 2.75) is 39.1 Å². The van der Waals surface area contributed by atoms with E-state index in [9.17, 15) is 13.2 Å². The minimum absolute atomic E-state index is 0.0428. The Hall–Kier alpha value is -3.27. The van der Waals surface area contributed by atoms with Crippen LogP contribution in [0.1, 0.15) is 30.3 Å². The lowest BCUT2D eigenvalue weighted by atomic mass is 10.1. The van der Waals surface area contributed by atoms with Gasteiger partial charge in [0.15, 0.2) is 11.5 Å². The van der Waals surface area contributed by atoms with Gasteiger partial charge in [0.05, 0.1) is 24.3 Å². The van der Waals surface area contributed by atoms with E-state index in [4.69, 9.17) is 19.9 Å². The Morgan fingerprint density at radius 2 is 1.91 bits per heavy atom. The van der Waals surface area contributed by atoms with E-state index in [1.54, 1.807) is 19.1 Å². The second-order valence-electron chi connectivity index (χ2n) is 7.82. The molecule has 4 rings (SSSR count). The largest absolute Gasteiger partial charge is 0.487 e. The molecule has 7 nitrogen and oxygen atoms in total. The zero-order valence-corrected chi connectivity index (χ0v) is 18.3. The molecule has 0 radical (unpaired) electrons. The standard InChI is InChI=1S/C23H25F3N4O3/c1-3-17-12-31-4-5-32-20-10-19-18(9-21(20)33-17)22(30-13(2)29-19)28-11-14-6-15(23(24,25)26)8-16(27)7-14/h6-10,17H,3-5,11-12,27H2,1-2H3,(H,28,29,30). The minimum Gasteiger partial charge on any atom is -0.487 e. The zero-order valence-electron chi connectivity index (χ0n) is 18.3. The van der Waals surface area contributed by atoms with Gasteiger partial charge in [-0.05, 0) is 43.2 Å². The average molecular weight is 462 g/mol. The smallest absolute Gasteiger partial charge is 0.416 e. The number of hydrogen-bond acceptors (Lipinski definition) is 7. The van der Waals surface area contributed by atoms with Crippen molar-refractivity contribution >= 4 is 22.4 Å². The van der Waals surface area contributed by atoms with E-state index in [-0.39, 0.29) is 18.3 Å². The molecule has 2 aromatic carbocycles. The molecule has 0 bridgehead atoms. The summed E-state index contributed by atoms with van der Waals surface area (Å²) in [5.41, 5.74) is 5.95. The van der Waals surface area contributed by atoms with Gasteiger partial charge >= 0.3 is 6.18 Å². The van der Waals surface area contributed by atoms with Crippen molar-refractivity contribution in [3.8, 4) is 11.5 Å². The molecule has 0 spiro atoms. The molecule has 1 aliphatic heterocycles. The minimum atomic E-state index is -4.48. The highest BCUT2D eigenvalue weighted by molar-refractivity contribution is 5.91. The highest BCUT2D eigenvalue weighted by atomic mass is 19.4. The summed E-state index contributed by atoms with van der Waals surface area (Å²) in [6.45, 7) is 5.13. The van der Waals surface area contributed by atoms with Crippen molar-refractivity contribution in [2.24, 2.45) is 0 Å². The van der Waals surface area contributed by atoms with Crippen LogP contribution in [0.3, 0.4) is 0 Å². The molecule has 0 fully saturated rings. The first kappa shape index (κ1) is 22.9. The molecule has 0 saturated heterocycles. The summed E-state index contributed by atoms with van der Waals surface area (Å²) >= 11 is 0. The van der Waals surface area contributed by atoms with Gasteiger partial charge in [-0.1, -0.05) is 6.92 Å². The maximum atomic E-state index is 13.2. The molecule has 10 heteroatoms. The first-order valence-corrected chi connectivity index (χ1v) is 10.6. The van der Waals surface area contributed by atoms with E-state index < -0.39 is 11.7 Å².